The van der Waals surface area contributed by atoms with Gasteiger partial charge in [0.05, 0.1) is 24.4 Å². The van der Waals surface area contributed by atoms with E-state index in [9.17, 15) is 14.4 Å². The van der Waals surface area contributed by atoms with Crippen molar-refractivity contribution in [1.82, 2.24) is 9.55 Å². The first-order chi connectivity index (χ1) is 12.5. The van der Waals surface area contributed by atoms with Crippen LogP contribution in [0.1, 0.15) is 32.5 Å². The molecule has 3 aromatic rings. The molecular formula is C18H16N2O5S. The third kappa shape index (κ3) is 3.11. The van der Waals surface area contributed by atoms with Crippen LogP contribution < -0.4 is 10.3 Å². The minimum atomic E-state index is -0.571. The number of thiophene rings is 1. The van der Waals surface area contributed by atoms with Crippen molar-refractivity contribution in [2.45, 2.75) is 20.4 Å². The number of benzene rings is 1. The zero-order valence-corrected chi connectivity index (χ0v) is 15.3. The summed E-state index contributed by atoms with van der Waals surface area (Å²) >= 11 is 1.12. The van der Waals surface area contributed by atoms with E-state index in [1.807, 2.05) is 6.92 Å². The highest BCUT2D eigenvalue weighted by Crippen LogP contribution is 2.28. The number of rotatable bonds is 4. The molecule has 8 heteroatoms. The monoisotopic (exact) mass is 372 g/mol. The number of esters is 2. The fourth-order valence-electron chi connectivity index (χ4n) is 2.51. The normalized spacial score (nSPS) is 10.7. The number of aromatic nitrogens is 2. The molecule has 7 nitrogen and oxygen atoms in total. The van der Waals surface area contributed by atoms with E-state index in [2.05, 4.69) is 9.72 Å². The fraction of sp³-hybridized carbons (Fsp3) is 0.222. The first kappa shape index (κ1) is 17.8. The Balaban J connectivity index is 1.91. The first-order valence-electron chi connectivity index (χ1n) is 7.85. The van der Waals surface area contributed by atoms with Crippen molar-refractivity contribution in [2.24, 2.45) is 0 Å². The lowest BCUT2D eigenvalue weighted by atomic mass is 10.2. The number of carbonyl (C=O) groups excluding carboxylic acids is 2. The Bertz CT molecular complexity index is 1050. The van der Waals surface area contributed by atoms with Crippen molar-refractivity contribution in [2.75, 3.05) is 7.11 Å². The summed E-state index contributed by atoms with van der Waals surface area (Å²) in [7, 11) is 1.29. The van der Waals surface area contributed by atoms with E-state index in [-0.39, 0.29) is 5.56 Å². The predicted octanol–water partition coefficient (Wildman–Crippen LogP) is 2.79. The van der Waals surface area contributed by atoms with Gasteiger partial charge in [0.25, 0.3) is 5.56 Å². The van der Waals surface area contributed by atoms with Gasteiger partial charge in [-0.25, -0.2) is 14.6 Å². The Kier molecular flexibility index (Phi) is 4.85. The summed E-state index contributed by atoms with van der Waals surface area (Å²) in [4.78, 5) is 41.5. The molecule has 2 heterocycles. The average molecular weight is 372 g/mol. The molecule has 1 aromatic carbocycles. The molecule has 0 amide bonds. The molecule has 3 rings (SSSR count). The van der Waals surface area contributed by atoms with E-state index in [1.54, 1.807) is 6.92 Å². The smallest absolute Gasteiger partial charge is 0.354 e. The Labute approximate surface area is 152 Å². The van der Waals surface area contributed by atoms with E-state index < -0.39 is 11.9 Å². The van der Waals surface area contributed by atoms with Crippen LogP contribution in [0.15, 0.2) is 35.4 Å². The van der Waals surface area contributed by atoms with Gasteiger partial charge < -0.3 is 9.47 Å². The maximum atomic E-state index is 12.5. The summed E-state index contributed by atoms with van der Waals surface area (Å²) in [5.74, 6) is -0.751. The number of ether oxygens (including phenoxy) is 2. The van der Waals surface area contributed by atoms with Crippen LogP contribution in [0, 0.1) is 6.92 Å². The van der Waals surface area contributed by atoms with Crippen LogP contribution in [-0.4, -0.2) is 28.6 Å². The van der Waals surface area contributed by atoms with E-state index in [0.717, 1.165) is 11.3 Å². The lowest BCUT2D eigenvalue weighted by Gasteiger charge is -2.04. The zero-order valence-electron chi connectivity index (χ0n) is 14.4. The van der Waals surface area contributed by atoms with Crippen LogP contribution in [0.5, 0.6) is 5.75 Å². The molecule has 0 saturated heterocycles. The van der Waals surface area contributed by atoms with Crippen LogP contribution in [0.25, 0.3) is 10.2 Å². The molecule has 134 valence electrons. The van der Waals surface area contributed by atoms with Crippen LogP contribution in [-0.2, 0) is 11.3 Å². The molecule has 0 N–H and O–H groups in total. The minimum Gasteiger partial charge on any atom is -0.465 e. The molecule has 0 spiro atoms. The summed E-state index contributed by atoms with van der Waals surface area (Å²) in [5.41, 5.74) is 0.740. The molecule has 0 radical (unpaired) electrons. The summed E-state index contributed by atoms with van der Waals surface area (Å²) in [5, 5.41) is 0.437. The highest BCUT2D eigenvalue weighted by Gasteiger charge is 2.21. The Morgan fingerprint density at radius 1 is 1.19 bits per heavy atom. The second kappa shape index (κ2) is 7.09. The van der Waals surface area contributed by atoms with Crippen molar-refractivity contribution < 1.29 is 19.1 Å². The molecule has 0 aliphatic rings. The second-order valence-corrected chi connectivity index (χ2v) is 6.48. The van der Waals surface area contributed by atoms with Crippen LogP contribution >= 0.6 is 11.3 Å². The number of carbonyl (C=O) groups is 2. The fourth-order valence-corrected chi connectivity index (χ4v) is 3.53. The van der Waals surface area contributed by atoms with Crippen molar-refractivity contribution >= 4 is 33.5 Å². The number of fused-ring (bicyclic) bond motifs is 1. The maximum absolute atomic E-state index is 12.5. The zero-order chi connectivity index (χ0) is 18.8. The highest BCUT2D eigenvalue weighted by atomic mass is 32.1. The molecule has 26 heavy (non-hydrogen) atoms. The topological polar surface area (TPSA) is 87.5 Å². The van der Waals surface area contributed by atoms with Crippen molar-refractivity contribution in [1.29, 1.82) is 0 Å². The molecule has 0 saturated carbocycles. The number of nitrogens with zero attached hydrogens (tertiary/aromatic N) is 2. The largest absolute Gasteiger partial charge is 0.465 e. The maximum Gasteiger partial charge on any atom is 0.354 e. The summed E-state index contributed by atoms with van der Waals surface area (Å²) in [6.07, 6.45) is 1.47. The Morgan fingerprint density at radius 3 is 2.50 bits per heavy atom. The third-order valence-electron chi connectivity index (χ3n) is 3.93. The van der Waals surface area contributed by atoms with Gasteiger partial charge in [-0.3, -0.25) is 9.36 Å². The molecule has 0 aliphatic carbocycles. The Morgan fingerprint density at radius 2 is 1.88 bits per heavy atom. The van der Waals surface area contributed by atoms with E-state index in [1.165, 1.54) is 42.3 Å². The van der Waals surface area contributed by atoms with Crippen LogP contribution in [0.2, 0.25) is 0 Å². The minimum absolute atomic E-state index is 0.173. The standard InChI is InChI=1S/C18H16N2O5S/c1-4-20-9-19-15-13(16(20)21)10(2)14(26-15)18(23)25-12-7-5-11(6-8-12)17(22)24-3/h5-9H,4H2,1-3H3. The number of hydrogen-bond donors (Lipinski definition) is 0. The molecule has 0 fully saturated rings. The number of hydrogen-bond acceptors (Lipinski definition) is 7. The summed E-state index contributed by atoms with van der Waals surface area (Å²) in [6, 6.07) is 6.03. The van der Waals surface area contributed by atoms with Crippen LogP contribution in [0.4, 0.5) is 0 Å². The summed E-state index contributed by atoms with van der Waals surface area (Å²) in [6.45, 7) is 4.06. The lowest BCUT2D eigenvalue weighted by Crippen LogP contribution is -2.19. The third-order valence-corrected chi connectivity index (χ3v) is 5.11. The molecular weight excluding hydrogens is 356 g/mol. The van der Waals surface area contributed by atoms with Crippen molar-refractivity contribution in [3.63, 3.8) is 0 Å². The van der Waals surface area contributed by atoms with Gasteiger partial charge in [-0.2, -0.15) is 0 Å². The van der Waals surface area contributed by atoms with Crippen molar-refractivity contribution in [3.8, 4) is 5.75 Å². The molecule has 0 bridgehead atoms. The number of aryl methyl sites for hydroxylation is 2. The molecule has 0 atom stereocenters. The van der Waals surface area contributed by atoms with Gasteiger partial charge >= 0.3 is 11.9 Å². The SMILES string of the molecule is CCn1cnc2sc(C(=O)Oc3ccc(C(=O)OC)cc3)c(C)c2c1=O. The van der Waals surface area contributed by atoms with Gasteiger partial charge in [0, 0.05) is 6.54 Å². The van der Waals surface area contributed by atoms with Gasteiger partial charge in [-0.15, -0.1) is 11.3 Å². The number of methoxy groups -OCH3 is 1. The van der Waals surface area contributed by atoms with Gasteiger partial charge in [0.15, 0.2) is 0 Å². The predicted molar refractivity (Wildman–Crippen MR) is 97.0 cm³/mol. The summed E-state index contributed by atoms with van der Waals surface area (Å²) < 4.78 is 11.5. The van der Waals surface area contributed by atoms with Gasteiger partial charge in [0.2, 0.25) is 0 Å². The van der Waals surface area contributed by atoms with E-state index in [4.69, 9.17) is 4.74 Å². The van der Waals surface area contributed by atoms with E-state index in [0.29, 0.717) is 38.5 Å². The van der Waals surface area contributed by atoms with Gasteiger partial charge in [-0.05, 0) is 43.7 Å². The lowest BCUT2D eigenvalue weighted by molar-refractivity contribution is 0.0600. The quantitative estimate of drug-likeness (QED) is 0.517. The van der Waals surface area contributed by atoms with Crippen LogP contribution in [0.3, 0.4) is 0 Å². The second-order valence-electron chi connectivity index (χ2n) is 5.48. The van der Waals surface area contributed by atoms with Crippen molar-refractivity contribution in [3.05, 3.63) is 57.0 Å². The van der Waals surface area contributed by atoms with E-state index >= 15 is 0 Å². The molecule has 2 aromatic heterocycles. The molecule has 0 unspecified atom stereocenters. The first-order valence-corrected chi connectivity index (χ1v) is 8.67. The van der Waals surface area contributed by atoms with Gasteiger partial charge in [-0.1, -0.05) is 0 Å². The Hall–Kier alpha value is -3.00. The average Bonchev–Trinajstić information content (AvgIpc) is 2.99. The highest BCUT2D eigenvalue weighted by molar-refractivity contribution is 7.20. The van der Waals surface area contributed by atoms with Gasteiger partial charge in [0.1, 0.15) is 15.5 Å². The molecule has 0 aliphatic heterocycles.